The van der Waals surface area contributed by atoms with Crippen LogP contribution in [-0.2, 0) is 27.4 Å². The molecular weight excluding hydrogens is 527 g/mol. The maximum Gasteiger partial charge on any atom is 0.416 e. The maximum atomic E-state index is 13.4. The summed E-state index contributed by atoms with van der Waals surface area (Å²) in [6.45, 7) is 1.39. The van der Waals surface area contributed by atoms with Crippen LogP contribution in [0, 0.1) is 0 Å². The summed E-state index contributed by atoms with van der Waals surface area (Å²) in [5.74, 6) is -0.0958. The molecule has 39 heavy (non-hydrogen) atoms. The predicted molar refractivity (Wildman–Crippen MR) is 145 cm³/mol. The molecule has 1 atom stereocenters. The lowest BCUT2D eigenvalue weighted by Gasteiger charge is -2.47. The number of sulfonamides is 1. The lowest BCUT2D eigenvalue weighted by Crippen LogP contribution is -2.55. The van der Waals surface area contributed by atoms with E-state index in [-0.39, 0.29) is 29.3 Å². The molecule has 0 N–H and O–H groups in total. The molecule has 0 aromatic heterocycles. The molecule has 2 saturated heterocycles. The van der Waals surface area contributed by atoms with Crippen LogP contribution in [0.15, 0.2) is 59.5 Å². The Bertz CT molecular complexity index is 1230. The van der Waals surface area contributed by atoms with Gasteiger partial charge in [0, 0.05) is 37.6 Å². The van der Waals surface area contributed by atoms with E-state index in [4.69, 9.17) is 0 Å². The van der Waals surface area contributed by atoms with Crippen LogP contribution >= 0.6 is 0 Å². The number of nitrogens with zero attached hydrogens (tertiary/aromatic N) is 3. The maximum absolute atomic E-state index is 13.4. The van der Waals surface area contributed by atoms with Crippen molar-refractivity contribution in [3.8, 4) is 0 Å². The highest BCUT2D eigenvalue weighted by atomic mass is 32.2. The van der Waals surface area contributed by atoms with Crippen LogP contribution in [0.25, 0.3) is 0 Å². The van der Waals surface area contributed by atoms with Gasteiger partial charge in [-0.15, -0.1) is 0 Å². The highest BCUT2D eigenvalue weighted by Crippen LogP contribution is 2.35. The summed E-state index contributed by atoms with van der Waals surface area (Å²) < 4.78 is 67.8. The van der Waals surface area contributed by atoms with Gasteiger partial charge < -0.3 is 9.80 Å². The van der Waals surface area contributed by atoms with E-state index in [1.54, 1.807) is 0 Å². The van der Waals surface area contributed by atoms with Gasteiger partial charge in [0.2, 0.25) is 15.9 Å². The highest BCUT2D eigenvalue weighted by Gasteiger charge is 2.40. The monoisotopic (exact) mass is 565 g/mol. The summed E-state index contributed by atoms with van der Waals surface area (Å²) >= 11 is 0. The minimum absolute atomic E-state index is 0.0175. The molecule has 2 aliphatic rings. The highest BCUT2D eigenvalue weighted by molar-refractivity contribution is 7.89. The number of carbonyl (C=O) groups excluding carboxylic acids is 1. The quantitative estimate of drug-likeness (QED) is 0.442. The lowest BCUT2D eigenvalue weighted by atomic mass is 9.81. The van der Waals surface area contributed by atoms with Crippen molar-refractivity contribution in [1.82, 2.24) is 14.1 Å². The number of carbonyl (C=O) groups is 1. The first kappa shape index (κ1) is 29.6. The smallest absolute Gasteiger partial charge is 0.343 e. The van der Waals surface area contributed by atoms with Gasteiger partial charge in [-0.2, -0.15) is 17.5 Å². The number of alkyl halides is 3. The van der Waals surface area contributed by atoms with Gasteiger partial charge in [0.15, 0.2) is 0 Å². The van der Waals surface area contributed by atoms with Crippen LogP contribution in [0.2, 0.25) is 0 Å². The summed E-state index contributed by atoms with van der Waals surface area (Å²) in [7, 11) is -0.00925. The molecule has 0 saturated carbocycles. The molecule has 1 amide bonds. The Kier molecular flexibility index (Phi) is 9.08. The molecule has 0 aliphatic carbocycles. The molecular formula is C29H38F3N3O3S. The van der Waals surface area contributed by atoms with Gasteiger partial charge in [0.05, 0.1) is 10.5 Å². The van der Waals surface area contributed by atoms with Crippen LogP contribution in [-0.4, -0.2) is 73.7 Å². The van der Waals surface area contributed by atoms with Gasteiger partial charge in [-0.3, -0.25) is 4.79 Å². The molecule has 10 heteroatoms. The van der Waals surface area contributed by atoms with Gasteiger partial charge in [-0.25, -0.2) is 8.42 Å². The summed E-state index contributed by atoms with van der Waals surface area (Å²) in [5, 5.41) is 0. The minimum atomic E-state index is -4.64. The third-order valence-corrected chi connectivity index (χ3v) is 10.4. The van der Waals surface area contributed by atoms with Gasteiger partial charge in [-0.1, -0.05) is 42.8 Å². The second kappa shape index (κ2) is 12.0. The zero-order chi connectivity index (χ0) is 28.3. The lowest BCUT2D eigenvalue weighted by molar-refractivity contribution is -0.137. The summed E-state index contributed by atoms with van der Waals surface area (Å²) in [5.41, 5.74) is 0.269. The summed E-state index contributed by atoms with van der Waals surface area (Å²) in [4.78, 5) is 17.1. The molecule has 2 heterocycles. The Morgan fingerprint density at radius 2 is 1.69 bits per heavy atom. The van der Waals surface area contributed by atoms with Crippen molar-refractivity contribution < 1.29 is 26.4 Å². The Morgan fingerprint density at radius 1 is 1.00 bits per heavy atom. The van der Waals surface area contributed by atoms with Gasteiger partial charge in [0.1, 0.15) is 0 Å². The Labute approximate surface area is 229 Å². The number of piperidine rings is 2. The molecule has 214 valence electrons. The second-order valence-electron chi connectivity index (χ2n) is 11.0. The molecule has 4 rings (SSSR count). The first-order chi connectivity index (χ1) is 18.4. The largest absolute Gasteiger partial charge is 0.416 e. The van der Waals surface area contributed by atoms with Crippen molar-refractivity contribution in [2.45, 2.75) is 74.0 Å². The summed E-state index contributed by atoms with van der Waals surface area (Å²) in [6.07, 6.45) is 0.892. The van der Waals surface area contributed by atoms with Crippen LogP contribution in [0.4, 0.5) is 13.2 Å². The van der Waals surface area contributed by atoms with E-state index in [0.29, 0.717) is 32.0 Å². The second-order valence-corrected chi connectivity index (χ2v) is 12.9. The molecule has 0 bridgehead atoms. The average Bonchev–Trinajstić information content (AvgIpc) is 2.92. The SMILES string of the molecule is CN(C)C1(CCc2ccccc2)CCN(C(=O)CC2CCCCN2S(=O)(=O)c2cccc(C(F)(F)F)c2)CC1. The fourth-order valence-corrected chi connectivity index (χ4v) is 7.65. The van der Waals surface area contributed by atoms with E-state index in [1.807, 2.05) is 23.1 Å². The number of hydrogen-bond donors (Lipinski definition) is 0. The Balaban J connectivity index is 1.42. The van der Waals surface area contributed by atoms with Crippen LogP contribution in [0.5, 0.6) is 0 Å². The van der Waals surface area contributed by atoms with E-state index in [0.717, 1.165) is 44.2 Å². The number of rotatable bonds is 8. The van der Waals surface area contributed by atoms with Gasteiger partial charge in [-0.05, 0) is 76.4 Å². The molecule has 2 aromatic carbocycles. The molecule has 6 nitrogen and oxygen atoms in total. The van der Waals surface area contributed by atoms with Crippen molar-refractivity contribution in [2.24, 2.45) is 0 Å². The van der Waals surface area contributed by atoms with Crippen molar-refractivity contribution in [3.05, 3.63) is 65.7 Å². The van der Waals surface area contributed by atoms with Gasteiger partial charge >= 0.3 is 6.18 Å². The number of amides is 1. The average molecular weight is 566 g/mol. The molecule has 2 aliphatic heterocycles. The van der Waals surface area contributed by atoms with Crippen molar-refractivity contribution in [1.29, 1.82) is 0 Å². The van der Waals surface area contributed by atoms with Gasteiger partial charge in [0.25, 0.3) is 0 Å². The van der Waals surface area contributed by atoms with E-state index in [1.165, 1.54) is 15.9 Å². The minimum Gasteiger partial charge on any atom is -0.343 e. The third-order valence-electron chi connectivity index (χ3n) is 8.47. The predicted octanol–water partition coefficient (Wildman–Crippen LogP) is 5.19. The number of hydrogen-bond acceptors (Lipinski definition) is 4. The summed E-state index contributed by atoms with van der Waals surface area (Å²) in [6, 6.07) is 13.6. The molecule has 0 spiro atoms. The molecule has 1 unspecified atom stereocenters. The van der Waals surface area contributed by atoms with E-state index >= 15 is 0 Å². The van der Waals surface area contributed by atoms with E-state index < -0.39 is 27.8 Å². The first-order valence-electron chi connectivity index (χ1n) is 13.6. The van der Waals surface area contributed by atoms with Crippen molar-refractivity contribution in [3.63, 3.8) is 0 Å². The topological polar surface area (TPSA) is 60.9 Å². The standard InChI is InChI=1S/C29H38F3N3O3S/c1-33(2)28(15-14-23-9-4-3-5-10-23)16-19-34(20-17-28)27(36)22-25-12-6-7-18-35(25)39(37,38)26-13-8-11-24(21-26)29(30,31)32/h3-5,8-11,13,21,25H,6-7,12,14-20,22H2,1-2H3. The Morgan fingerprint density at radius 3 is 2.33 bits per heavy atom. The van der Waals surface area contributed by atoms with Crippen molar-refractivity contribution in [2.75, 3.05) is 33.7 Å². The van der Waals surface area contributed by atoms with Crippen LogP contribution in [0.3, 0.4) is 0 Å². The normalized spacial score (nSPS) is 20.8. The zero-order valence-corrected chi connectivity index (χ0v) is 23.5. The fraction of sp³-hybridized carbons (Fsp3) is 0.552. The Hall–Kier alpha value is -2.43. The van der Waals surface area contributed by atoms with E-state index in [9.17, 15) is 26.4 Å². The first-order valence-corrected chi connectivity index (χ1v) is 15.0. The number of halogens is 3. The molecule has 0 radical (unpaired) electrons. The molecule has 2 aromatic rings. The number of aryl methyl sites for hydroxylation is 1. The van der Waals surface area contributed by atoms with Crippen molar-refractivity contribution >= 4 is 15.9 Å². The molecule has 2 fully saturated rings. The fourth-order valence-electron chi connectivity index (χ4n) is 5.91. The number of likely N-dealkylation sites (tertiary alicyclic amines) is 1. The van der Waals surface area contributed by atoms with Crippen LogP contribution in [0.1, 0.15) is 56.1 Å². The third kappa shape index (κ3) is 6.84. The van der Waals surface area contributed by atoms with E-state index in [2.05, 4.69) is 31.1 Å². The number of benzene rings is 2. The van der Waals surface area contributed by atoms with Crippen LogP contribution < -0.4 is 0 Å². The zero-order valence-electron chi connectivity index (χ0n) is 22.7.